The monoisotopic (exact) mass is 756 g/mol. The predicted molar refractivity (Wildman–Crippen MR) is 188 cm³/mol. The highest BCUT2D eigenvalue weighted by molar-refractivity contribution is 7.89. The van der Waals surface area contributed by atoms with Gasteiger partial charge in [0.2, 0.25) is 10.0 Å². The van der Waals surface area contributed by atoms with Crippen LogP contribution in [-0.4, -0.2) is 98.4 Å². The third-order valence-electron chi connectivity index (χ3n) is 8.86. The molecule has 5 rings (SSSR count). The zero-order valence-corrected chi connectivity index (χ0v) is 30.8. The number of carbonyl (C=O) groups excluding carboxylic acids is 1. The molecule has 2 aromatic carbocycles. The van der Waals surface area contributed by atoms with E-state index in [-0.39, 0.29) is 62.4 Å². The predicted octanol–water partition coefficient (Wildman–Crippen LogP) is 5.20. The van der Waals surface area contributed by atoms with E-state index in [1.54, 1.807) is 12.1 Å². The van der Waals surface area contributed by atoms with Crippen LogP contribution < -0.4 is 10.6 Å². The van der Waals surface area contributed by atoms with Crippen molar-refractivity contribution in [1.82, 2.24) is 14.6 Å². The van der Waals surface area contributed by atoms with Crippen LogP contribution in [0.25, 0.3) is 10.2 Å². The summed E-state index contributed by atoms with van der Waals surface area (Å²) in [6.45, 7) is 6.55. The van der Waals surface area contributed by atoms with Crippen molar-refractivity contribution >= 4 is 42.7 Å². The highest BCUT2D eigenvalue weighted by Gasteiger charge is 2.48. The molecule has 16 heteroatoms. The fourth-order valence-corrected chi connectivity index (χ4v) is 9.30. The Morgan fingerprint density at radius 1 is 1.12 bits per heavy atom. The number of rotatable bonds is 16. The molecular formula is C35H47F3N4O7S2. The molecule has 0 aliphatic carbocycles. The molecule has 6 atom stereocenters. The summed E-state index contributed by atoms with van der Waals surface area (Å²) in [6, 6.07) is 13.4. The first-order valence-electron chi connectivity index (χ1n) is 17.2. The lowest BCUT2D eigenvalue weighted by atomic mass is 9.89. The number of alkyl halides is 3. The van der Waals surface area contributed by atoms with Crippen LogP contribution >= 0.6 is 11.3 Å². The molecule has 0 radical (unpaired) electrons. The van der Waals surface area contributed by atoms with Crippen molar-refractivity contribution in [1.29, 1.82) is 0 Å². The Bertz CT molecular complexity index is 1710. The average molecular weight is 757 g/mol. The Morgan fingerprint density at radius 2 is 1.86 bits per heavy atom. The highest BCUT2D eigenvalue weighted by atomic mass is 32.2. The number of aliphatic hydroxyl groups is 1. The first-order valence-corrected chi connectivity index (χ1v) is 19.5. The molecule has 3 heterocycles. The smallest absolute Gasteiger partial charge is 0.401 e. The van der Waals surface area contributed by atoms with Gasteiger partial charge in [-0.15, -0.1) is 0 Å². The van der Waals surface area contributed by atoms with E-state index < -0.39 is 65.1 Å². The molecule has 1 aromatic heterocycles. The second-order valence-corrected chi connectivity index (χ2v) is 16.9. The molecule has 11 nitrogen and oxygen atoms in total. The van der Waals surface area contributed by atoms with Crippen LogP contribution in [0.2, 0.25) is 0 Å². The van der Waals surface area contributed by atoms with E-state index in [0.29, 0.717) is 15.3 Å². The van der Waals surface area contributed by atoms with Gasteiger partial charge in [0.1, 0.15) is 6.10 Å². The Balaban J connectivity index is 1.34. The number of nitrogens with zero attached hydrogens (tertiary/aromatic N) is 2. The van der Waals surface area contributed by atoms with Gasteiger partial charge >= 0.3 is 12.1 Å². The third-order valence-corrected chi connectivity index (χ3v) is 11.6. The molecular weight excluding hydrogens is 710 g/mol. The van der Waals surface area contributed by atoms with Crippen LogP contribution in [-0.2, 0) is 35.4 Å². The van der Waals surface area contributed by atoms with Crippen molar-refractivity contribution in [2.24, 2.45) is 17.8 Å². The SMILES string of the molecule is CC(C)CN(C[C@@H](O)[C@@H](CC(=O)O[C@H]1CCO[C@H]2OC[C@H](NCC(F)(F)F)[C@H]21)Cc1ccccc1)S(=O)(=O)c1ccc2nc(NC(C)C)sc2c1. The molecule has 0 bridgehead atoms. The maximum atomic E-state index is 14.1. The average Bonchev–Trinajstić information content (AvgIpc) is 3.66. The molecule has 0 spiro atoms. The van der Waals surface area contributed by atoms with Crippen LogP contribution in [0.3, 0.4) is 0 Å². The fraction of sp³-hybridized carbons (Fsp3) is 0.600. The molecule has 0 amide bonds. The topological polar surface area (TPSA) is 139 Å². The van der Waals surface area contributed by atoms with Gasteiger partial charge in [-0.3, -0.25) is 4.79 Å². The number of ether oxygens (including phenoxy) is 3. The molecule has 2 fully saturated rings. The van der Waals surface area contributed by atoms with Crippen molar-refractivity contribution in [2.75, 3.05) is 38.2 Å². The Labute approximate surface area is 300 Å². The number of aliphatic hydroxyl groups excluding tert-OH is 1. The van der Waals surface area contributed by atoms with Gasteiger partial charge in [-0.2, -0.15) is 17.5 Å². The number of nitrogens with one attached hydrogen (secondary N) is 2. The standard InChI is InChI=1S/C35H47F3N4O7S2/c1-21(2)17-42(51(45,46)25-10-11-26-30(16-25)50-34(41-26)40-22(3)4)18-28(43)24(14-23-8-6-5-7-9-23)15-31(44)49-29-12-13-47-33-32(29)27(19-48-33)39-20-35(36,37)38/h5-11,16,21-22,24,27-29,32-33,39,43H,12-15,17-20H2,1-4H3,(H,40,41)/t24-,27+,28-,29+,32+,33+/m1/s1. The molecule has 0 saturated carbocycles. The van der Waals surface area contributed by atoms with Crippen molar-refractivity contribution in [3.63, 3.8) is 0 Å². The maximum absolute atomic E-state index is 14.1. The van der Waals surface area contributed by atoms with Gasteiger partial charge in [0, 0.05) is 37.5 Å². The van der Waals surface area contributed by atoms with Crippen LogP contribution in [0.5, 0.6) is 0 Å². The number of fused-ring (bicyclic) bond motifs is 2. The summed E-state index contributed by atoms with van der Waals surface area (Å²) in [5.74, 6) is -2.12. The van der Waals surface area contributed by atoms with Gasteiger partial charge in [-0.25, -0.2) is 13.4 Å². The summed E-state index contributed by atoms with van der Waals surface area (Å²) in [4.78, 5) is 18.2. The van der Waals surface area contributed by atoms with E-state index in [9.17, 15) is 31.5 Å². The first kappa shape index (κ1) is 39.3. The number of benzene rings is 2. The summed E-state index contributed by atoms with van der Waals surface area (Å²) >= 11 is 1.36. The lowest BCUT2D eigenvalue weighted by molar-refractivity contribution is -0.197. The molecule has 2 saturated heterocycles. The van der Waals surface area contributed by atoms with Crippen LogP contribution in [0.4, 0.5) is 18.3 Å². The van der Waals surface area contributed by atoms with Crippen LogP contribution in [0, 0.1) is 17.8 Å². The lowest BCUT2D eigenvalue weighted by Crippen LogP contribution is -2.50. The number of sulfonamides is 1. The first-order chi connectivity index (χ1) is 24.1. The number of esters is 1. The second-order valence-electron chi connectivity index (χ2n) is 14.0. The highest BCUT2D eigenvalue weighted by Crippen LogP contribution is 2.35. The zero-order valence-electron chi connectivity index (χ0n) is 29.1. The number of thiazole rings is 1. The summed E-state index contributed by atoms with van der Waals surface area (Å²) in [7, 11) is -4.09. The van der Waals surface area contributed by atoms with Crippen LogP contribution in [0.15, 0.2) is 53.4 Å². The molecule has 0 unspecified atom stereocenters. The Hall–Kier alpha value is -2.86. The molecule has 3 N–H and O–H groups in total. The summed E-state index contributed by atoms with van der Waals surface area (Å²) in [5.41, 5.74) is 1.50. The Morgan fingerprint density at radius 3 is 2.55 bits per heavy atom. The molecule has 3 aromatic rings. The number of halogens is 3. The van der Waals surface area contributed by atoms with Gasteiger partial charge in [0.15, 0.2) is 11.4 Å². The summed E-state index contributed by atoms with van der Waals surface area (Å²) < 4.78 is 86.3. The number of hydrogen-bond acceptors (Lipinski definition) is 11. The van der Waals surface area contributed by atoms with E-state index in [4.69, 9.17) is 14.2 Å². The van der Waals surface area contributed by atoms with Crippen molar-refractivity contribution in [3.8, 4) is 0 Å². The van der Waals surface area contributed by atoms with E-state index in [0.717, 1.165) is 5.56 Å². The van der Waals surface area contributed by atoms with Gasteiger partial charge in [-0.1, -0.05) is 55.5 Å². The number of carbonyl (C=O) groups is 1. The van der Waals surface area contributed by atoms with Crippen molar-refractivity contribution < 1.29 is 45.7 Å². The quantitative estimate of drug-likeness (QED) is 0.167. The number of aromatic nitrogens is 1. The number of hydrogen-bond donors (Lipinski definition) is 3. The largest absolute Gasteiger partial charge is 0.462 e. The van der Waals surface area contributed by atoms with Gasteiger partial charge in [0.05, 0.1) is 53.3 Å². The molecule has 51 heavy (non-hydrogen) atoms. The minimum atomic E-state index is -4.43. The van der Waals surface area contributed by atoms with E-state index >= 15 is 0 Å². The third kappa shape index (κ3) is 10.6. The van der Waals surface area contributed by atoms with E-state index in [1.807, 2.05) is 58.0 Å². The van der Waals surface area contributed by atoms with E-state index in [2.05, 4.69) is 15.6 Å². The minimum absolute atomic E-state index is 0.0269. The normalized spacial score (nSPS) is 22.4. The maximum Gasteiger partial charge on any atom is 0.401 e. The lowest BCUT2D eigenvalue weighted by Gasteiger charge is -2.35. The minimum Gasteiger partial charge on any atom is -0.462 e. The van der Waals surface area contributed by atoms with Crippen LogP contribution in [0.1, 0.15) is 46.1 Å². The van der Waals surface area contributed by atoms with E-state index in [1.165, 1.54) is 21.7 Å². The van der Waals surface area contributed by atoms with Gasteiger partial charge < -0.3 is 30.0 Å². The number of anilines is 1. The van der Waals surface area contributed by atoms with Crippen molar-refractivity contribution in [2.45, 2.75) is 88.6 Å². The van der Waals surface area contributed by atoms with Crippen molar-refractivity contribution in [3.05, 3.63) is 54.1 Å². The zero-order chi connectivity index (χ0) is 36.9. The molecule has 2 aliphatic rings. The van der Waals surface area contributed by atoms with Gasteiger partial charge in [-0.05, 0) is 49.9 Å². The molecule has 2 aliphatic heterocycles. The second kappa shape index (κ2) is 16.9. The summed E-state index contributed by atoms with van der Waals surface area (Å²) in [6.07, 6.45) is -7.01. The fourth-order valence-electron chi connectivity index (χ4n) is 6.53. The van der Waals surface area contributed by atoms with Gasteiger partial charge in [0.25, 0.3) is 0 Å². The molecule has 282 valence electrons. The Kier molecular flexibility index (Phi) is 13.0. The summed E-state index contributed by atoms with van der Waals surface area (Å²) in [5, 5.41) is 18.1.